The van der Waals surface area contributed by atoms with Crippen LogP contribution in [0.25, 0.3) is 10.9 Å². The molecule has 0 unspecified atom stereocenters. The first-order valence-corrected chi connectivity index (χ1v) is 12.8. The second-order valence-electron chi connectivity index (χ2n) is 9.73. The monoisotopic (exact) mass is 506 g/mol. The molecule has 194 valence electrons. The van der Waals surface area contributed by atoms with Crippen LogP contribution in [0.15, 0.2) is 77.8 Å². The summed E-state index contributed by atoms with van der Waals surface area (Å²) in [7, 11) is 4.09. The van der Waals surface area contributed by atoms with Gasteiger partial charge < -0.3 is 19.9 Å². The summed E-state index contributed by atoms with van der Waals surface area (Å²) in [5, 5.41) is 15.1. The number of aromatic hydroxyl groups is 1. The molecule has 0 aliphatic carbocycles. The smallest absolute Gasteiger partial charge is 0.296 e. The standard InChI is InChI=1S/C32H34N4O2/c1-6-33-29(37)19-15-23-14-18-27-28(20-23)36(22(2)3)32(38)30(27)31(25-10-8-7-9-11-25)34-26-16-12-24(13-17-26)21-35(4)5/h7-14,16-18,20,22,38H,6,21H2,1-5H3,(H,33,37). The Balaban J connectivity index is 1.90. The molecule has 0 aliphatic rings. The lowest BCUT2D eigenvalue weighted by molar-refractivity contribution is -0.115. The molecule has 0 spiro atoms. The lowest BCUT2D eigenvalue weighted by atomic mass is 10.00. The van der Waals surface area contributed by atoms with E-state index in [1.165, 1.54) is 5.56 Å². The molecule has 6 nitrogen and oxygen atoms in total. The van der Waals surface area contributed by atoms with Crippen molar-refractivity contribution in [1.82, 2.24) is 14.8 Å². The molecule has 0 saturated carbocycles. The highest BCUT2D eigenvalue weighted by atomic mass is 16.3. The summed E-state index contributed by atoms with van der Waals surface area (Å²) in [6, 6.07) is 23.8. The van der Waals surface area contributed by atoms with Gasteiger partial charge in [0.2, 0.25) is 5.88 Å². The topological polar surface area (TPSA) is 69.9 Å². The van der Waals surface area contributed by atoms with Crippen LogP contribution < -0.4 is 5.32 Å². The lowest BCUT2D eigenvalue weighted by Crippen LogP contribution is -2.20. The number of aromatic nitrogens is 1. The zero-order chi connectivity index (χ0) is 27.2. The Morgan fingerprint density at radius 2 is 1.76 bits per heavy atom. The molecule has 4 aromatic rings. The van der Waals surface area contributed by atoms with E-state index in [-0.39, 0.29) is 17.8 Å². The number of hydrogen-bond donors (Lipinski definition) is 2. The van der Waals surface area contributed by atoms with Crippen LogP contribution in [0.4, 0.5) is 5.69 Å². The molecule has 4 rings (SSSR count). The number of nitrogens with one attached hydrogen (secondary N) is 1. The Morgan fingerprint density at radius 1 is 1.05 bits per heavy atom. The van der Waals surface area contributed by atoms with E-state index in [2.05, 4.69) is 34.2 Å². The molecular weight excluding hydrogens is 472 g/mol. The first-order chi connectivity index (χ1) is 18.3. The van der Waals surface area contributed by atoms with Gasteiger partial charge in [0, 0.05) is 41.6 Å². The number of carbonyl (C=O) groups excluding carboxylic acids is 1. The van der Waals surface area contributed by atoms with Crippen LogP contribution in [0.1, 0.15) is 49.1 Å². The van der Waals surface area contributed by atoms with E-state index in [0.29, 0.717) is 23.4 Å². The third-order valence-corrected chi connectivity index (χ3v) is 6.11. The van der Waals surface area contributed by atoms with Gasteiger partial charge >= 0.3 is 0 Å². The number of aliphatic imine (C=N–C) groups is 1. The minimum Gasteiger partial charge on any atom is -0.494 e. The second-order valence-corrected chi connectivity index (χ2v) is 9.73. The van der Waals surface area contributed by atoms with Crippen LogP contribution in [0, 0.1) is 11.8 Å². The maximum Gasteiger partial charge on any atom is 0.296 e. The van der Waals surface area contributed by atoms with E-state index in [4.69, 9.17) is 4.99 Å². The number of amides is 1. The molecule has 0 atom stereocenters. The van der Waals surface area contributed by atoms with Crippen molar-refractivity contribution >= 4 is 28.2 Å². The molecule has 0 radical (unpaired) electrons. The average molecular weight is 507 g/mol. The average Bonchev–Trinajstić information content (AvgIpc) is 3.18. The zero-order valence-corrected chi connectivity index (χ0v) is 22.6. The Morgan fingerprint density at radius 3 is 2.39 bits per heavy atom. The van der Waals surface area contributed by atoms with Gasteiger partial charge in [-0.25, -0.2) is 4.99 Å². The second kappa shape index (κ2) is 11.8. The van der Waals surface area contributed by atoms with Gasteiger partial charge in [-0.05, 0) is 64.7 Å². The Labute approximate surface area is 224 Å². The minimum absolute atomic E-state index is 0.0137. The van der Waals surface area contributed by atoms with Gasteiger partial charge in [-0.2, -0.15) is 0 Å². The van der Waals surface area contributed by atoms with Crippen molar-refractivity contribution in [3.63, 3.8) is 0 Å². The molecule has 0 aliphatic heterocycles. The number of hydrogen-bond acceptors (Lipinski definition) is 4. The van der Waals surface area contributed by atoms with Crippen LogP contribution in [-0.4, -0.2) is 46.8 Å². The summed E-state index contributed by atoms with van der Waals surface area (Å²) in [5.74, 6) is 5.41. The van der Waals surface area contributed by atoms with Crippen molar-refractivity contribution in [3.8, 4) is 17.7 Å². The predicted molar refractivity (Wildman–Crippen MR) is 155 cm³/mol. The van der Waals surface area contributed by atoms with E-state index in [0.717, 1.165) is 28.7 Å². The largest absolute Gasteiger partial charge is 0.494 e. The van der Waals surface area contributed by atoms with E-state index < -0.39 is 0 Å². The van der Waals surface area contributed by atoms with Crippen LogP contribution in [0.3, 0.4) is 0 Å². The molecule has 38 heavy (non-hydrogen) atoms. The molecule has 0 saturated heterocycles. The number of benzene rings is 3. The third kappa shape index (κ3) is 5.96. The molecular formula is C32H34N4O2. The van der Waals surface area contributed by atoms with Crippen LogP contribution >= 0.6 is 0 Å². The highest BCUT2D eigenvalue weighted by molar-refractivity contribution is 6.22. The molecule has 3 aromatic carbocycles. The molecule has 0 fully saturated rings. The number of carbonyl (C=O) groups is 1. The van der Waals surface area contributed by atoms with Gasteiger partial charge in [0.1, 0.15) is 0 Å². The summed E-state index contributed by atoms with van der Waals surface area (Å²) in [4.78, 5) is 19.0. The van der Waals surface area contributed by atoms with Crippen LogP contribution in [0.5, 0.6) is 5.88 Å². The van der Waals surface area contributed by atoms with Crippen molar-refractivity contribution in [3.05, 3.63) is 95.1 Å². The molecule has 1 amide bonds. The first-order valence-electron chi connectivity index (χ1n) is 12.8. The minimum atomic E-state index is -0.314. The van der Waals surface area contributed by atoms with E-state index in [1.807, 2.05) is 100 Å². The highest BCUT2D eigenvalue weighted by Crippen LogP contribution is 2.37. The number of fused-ring (bicyclic) bond motifs is 1. The van der Waals surface area contributed by atoms with Crippen molar-refractivity contribution in [1.29, 1.82) is 0 Å². The van der Waals surface area contributed by atoms with Crippen molar-refractivity contribution in [2.75, 3.05) is 20.6 Å². The van der Waals surface area contributed by atoms with Gasteiger partial charge in [-0.15, -0.1) is 0 Å². The maximum atomic E-state index is 11.9. The zero-order valence-electron chi connectivity index (χ0n) is 22.6. The van der Waals surface area contributed by atoms with Gasteiger partial charge in [-0.3, -0.25) is 4.79 Å². The SMILES string of the molecule is CCNC(=O)C#Cc1ccc2c(C(=Nc3ccc(CN(C)C)cc3)c3ccccc3)c(O)n(C(C)C)c2c1. The summed E-state index contributed by atoms with van der Waals surface area (Å²) in [6.07, 6.45) is 0. The summed E-state index contributed by atoms with van der Waals surface area (Å²) >= 11 is 0. The molecule has 1 aromatic heterocycles. The van der Waals surface area contributed by atoms with Gasteiger partial charge in [0.15, 0.2) is 0 Å². The van der Waals surface area contributed by atoms with Gasteiger partial charge in [0.05, 0.1) is 22.5 Å². The predicted octanol–water partition coefficient (Wildman–Crippen LogP) is 5.65. The summed E-state index contributed by atoms with van der Waals surface area (Å²) in [6.45, 7) is 7.29. The molecule has 6 heteroatoms. The summed E-state index contributed by atoms with van der Waals surface area (Å²) < 4.78 is 1.89. The number of nitrogens with zero attached hydrogens (tertiary/aromatic N) is 3. The summed E-state index contributed by atoms with van der Waals surface area (Å²) in [5.41, 5.74) is 5.80. The Hall–Kier alpha value is -4.34. The molecule has 1 heterocycles. The fourth-order valence-electron chi connectivity index (χ4n) is 4.50. The highest BCUT2D eigenvalue weighted by Gasteiger charge is 2.23. The lowest BCUT2D eigenvalue weighted by Gasteiger charge is -2.12. The van der Waals surface area contributed by atoms with Crippen molar-refractivity contribution in [2.45, 2.75) is 33.4 Å². The van der Waals surface area contributed by atoms with Crippen LogP contribution in [-0.2, 0) is 11.3 Å². The van der Waals surface area contributed by atoms with Crippen molar-refractivity contribution < 1.29 is 9.90 Å². The normalized spacial score (nSPS) is 11.6. The fourth-order valence-corrected chi connectivity index (χ4v) is 4.50. The van der Waals surface area contributed by atoms with Gasteiger partial charge in [-0.1, -0.05) is 54.5 Å². The van der Waals surface area contributed by atoms with E-state index in [1.54, 1.807) is 0 Å². The molecule has 0 bridgehead atoms. The van der Waals surface area contributed by atoms with Gasteiger partial charge in [0.25, 0.3) is 5.91 Å². The molecule has 2 N–H and O–H groups in total. The fraction of sp³-hybridized carbons (Fsp3) is 0.250. The van der Waals surface area contributed by atoms with E-state index >= 15 is 0 Å². The first kappa shape index (κ1) is 26.7. The quantitative estimate of drug-likeness (QED) is 0.252. The number of rotatable bonds is 7. The van der Waals surface area contributed by atoms with Crippen LogP contribution in [0.2, 0.25) is 0 Å². The third-order valence-electron chi connectivity index (χ3n) is 6.11. The Kier molecular flexibility index (Phi) is 8.30. The Bertz CT molecular complexity index is 1520. The maximum absolute atomic E-state index is 11.9. The van der Waals surface area contributed by atoms with Crippen molar-refractivity contribution in [2.24, 2.45) is 4.99 Å². The van der Waals surface area contributed by atoms with E-state index in [9.17, 15) is 9.90 Å².